The number of likely N-dealkylation sites (tertiary alicyclic amines) is 1. The van der Waals surface area contributed by atoms with Crippen LogP contribution < -0.4 is 10.2 Å². The monoisotopic (exact) mass is 508 g/mol. The third kappa shape index (κ3) is 5.83. The van der Waals surface area contributed by atoms with Crippen LogP contribution in [0.15, 0.2) is 48.8 Å². The van der Waals surface area contributed by atoms with E-state index in [1.165, 1.54) is 0 Å². The second-order valence-electron chi connectivity index (χ2n) is 8.70. The van der Waals surface area contributed by atoms with E-state index in [9.17, 15) is 22.8 Å². The van der Waals surface area contributed by atoms with Crippen molar-refractivity contribution in [3.05, 3.63) is 48.8 Å². The standard InChI is InChI=1S/C21H26N6O2.C2HF3O2/c1-25(2)18(28)21-10-6-13-27(19-22-11-7-12-23-19)17(21)14-26(15-21)20(29)24-16-8-4-3-5-9-16;3-2(4,5)1(6)7/h3-5,7-9,11-12,17H,6,10,13-15H2,1-2H3,(H,24,29);(H,6,7)/t17-,21-;/m1./s1. The number of halogens is 3. The summed E-state index contributed by atoms with van der Waals surface area (Å²) >= 11 is 0. The molecular weight excluding hydrogens is 481 g/mol. The Morgan fingerprint density at radius 3 is 2.28 bits per heavy atom. The van der Waals surface area contributed by atoms with Gasteiger partial charge in [-0.3, -0.25) is 4.79 Å². The number of amides is 3. The van der Waals surface area contributed by atoms with Crippen LogP contribution >= 0.6 is 0 Å². The number of carboxylic acids is 1. The molecule has 0 radical (unpaired) electrons. The van der Waals surface area contributed by atoms with Crippen molar-refractivity contribution in [1.82, 2.24) is 19.8 Å². The molecular formula is C23H27F3N6O4. The third-order valence-corrected chi connectivity index (χ3v) is 6.10. The van der Waals surface area contributed by atoms with Crippen LogP contribution in [0.1, 0.15) is 12.8 Å². The molecule has 0 unspecified atom stereocenters. The number of anilines is 2. The number of rotatable bonds is 3. The molecule has 3 heterocycles. The number of urea groups is 1. The fourth-order valence-electron chi connectivity index (χ4n) is 4.58. The maximum atomic E-state index is 13.3. The predicted molar refractivity (Wildman–Crippen MR) is 124 cm³/mol. The molecule has 2 aliphatic heterocycles. The van der Waals surface area contributed by atoms with Gasteiger partial charge in [0.15, 0.2) is 0 Å². The minimum atomic E-state index is -5.08. The number of nitrogens with zero attached hydrogens (tertiary/aromatic N) is 5. The van der Waals surface area contributed by atoms with Gasteiger partial charge in [0, 0.05) is 51.8 Å². The summed E-state index contributed by atoms with van der Waals surface area (Å²) in [6, 6.07) is 10.8. The summed E-state index contributed by atoms with van der Waals surface area (Å²) in [6.07, 6.45) is -0.0714. The molecule has 2 fully saturated rings. The largest absolute Gasteiger partial charge is 0.490 e. The van der Waals surface area contributed by atoms with E-state index in [1.807, 2.05) is 30.3 Å². The number of hydrogen-bond donors (Lipinski definition) is 2. The molecule has 2 N–H and O–H groups in total. The molecule has 13 heteroatoms. The van der Waals surface area contributed by atoms with Crippen LogP contribution in [0.3, 0.4) is 0 Å². The number of alkyl halides is 3. The SMILES string of the molecule is CN(C)C(=O)[C@@]12CCCN(c3ncccn3)[C@@H]1CN(C(=O)Nc1ccccc1)C2.O=C(O)C(F)(F)F. The van der Waals surface area contributed by atoms with Crippen LogP contribution in [-0.2, 0) is 9.59 Å². The third-order valence-electron chi connectivity index (χ3n) is 6.10. The number of hydrogen-bond acceptors (Lipinski definition) is 6. The van der Waals surface area contributed by atoms with Gasteiger partial charge >= 0.3 is 18.2 Å². The Balaban J connectivity index is 0.000000454. The Hall–Kier alpha value is -3.90. The lowest BCUT2D eigenvalue weighted by atomic mass is 9.74. The molecule has 194 valence electrons. The molecule has 36 heavy (non-hydrogen) atoms. The first-order valence-corrected chi connectivity index (χ1v) is 11.1. The molecule has 1 aromatic carbocycles. The molecule has 2 aromatic rings. The lowest BCUT2D eigenvalue weighted by Crippen LogP contribution is -2.58. The minimum Gasteiger partial charge on any atom is -0.475 e. The number of para-hydroxylation sites is 1. The van der Waals surface area contributed by atoms with Crippen LogP contribution in [0.25, 0.3) is 0 Å². The fourth-order valence-corrected chi connectivity index (χ4v) is 4.58. The van der Waals surface area contributed by atoms with Crippen LogP contribution in [0, 0.1) is 5.41 Å². The number of piperidine rings is 1. The van der Waals surface area contributed by atoms with Crippen LogP contribution in [0.4, 0.5) is 29.6 Å². The molecule has 1 aromatic heterocycles. The lowest BCUT2D eigenvalue weighted by molar-refractivity contribution is -0.192. The average Bonchev–Trinajstić information content (AvgIpc) is 3.26. The van der Waals surface area contributed by atoms with Crippen LogP contribution in [0.5, 0.6) is 0 Å². The van der Waals surface area contributed by atoms with Crippen molar-refractivity contribution in [2.24, 2.45) is 5.41 Å². The van der Waals surface area contributed by atoms with E-state index in [-0.39, 0.29) is 18.0 Å². The number of carbonyl (C=O) groups excluding carboxylic acids is 2. The predicted octanol–water partition coefficient (Wildman–Crippen LogP) is 2.70. The van der Waals surface area contributed by atoms with E-state index < -0.39 is 17.6 Å². The first-order chi connectivity index (χ1) is 17.0. The van der Waals surface area contributed by atoms with Gasteiger partial charge in [-0.25, -0.2) is 19.6 Å². The molecule has 2 aliphatic rings. The van der Waals surface area contributed by atoms with Crippen molar-refractivity contribution >= 4 is 29.5 Å². The zero-order valence-electron chi connectivity index (χ0n) is 19.8. The van der Waals surface area contributed by atoms with Crippen LogP contribution in [0.2, 0.25) is 0 Å². The molecule has 10 nitrogen and oxygen atoms in total. The van der Waals surface area contributed by atoms with Crippen molar-refractivity contribution < 1.29 is 32.7 Å². The molecule has 0 spiro atoms. The Kier molecular flexibility index (Phi) is 8.00. The molecule has 2 atom stereocenters. The number of benzene rings is 1. The summed E-state index contributed by atoms with van der Waals surface area (Å²) in [5.41, 5.74) is 0.0817. The van der Waals surface area contributed by atoms with E-state index in [0.29, 0.717) is 19.0 Å². The smallest absolute Gasteiger partial charge is 0.475 e. The number of carbonyl (C=O) groups is 3. The first kappa shape index (κ1) is 26.7. The summed E-state index contributed by atoms with van der Waals surface area (Å²) in [5, 5.41) is 10.1. The van der Waals surface area contributed by atoms with Gasteiger partial charge in [0.1, 0.15) is 0 Å². The van der Waals surface area contributed by atoms with E-state index in [2.05, 4.69) is 20.2 Å². The molecule has 2 saturated heterocycles. The summed E-state index contributed by atoms with van der Waals surface area (Å²) in [5.74, 6) is -2.09. The Morgan fingerprint density at radius 2 is 1.72 bits per heavy atom. The number of carboxylic acid groups (broad SMARTS) is 1. The second-order valence-corrected chi connectivity index (χ2v) is 8.70. The van der Waals surface area contributed by atoms with Gasteiger partial charge in [-0.1, -0.05) is 18.2 Å². The molecule has 0 aliphatic carbocycles. The highest BCUT2D eigenvalue weighted by Crippen LogP contribution is 2.44. The normalized spacial score (nSPS) is 21.1. The Morgan fingerprint density at radius 1 is 1.11 bits per heavy atom. The number of nitrogens with one attached hydrogen (secondary N) is 1. The van der Waals surface area contributed by atoms with Gasteiger partial charge in [-0.15, -0.1) is 0 Å². The van der Waals surface area contributed by atoms with E-state index in [1.54, 1.807) is 42.4 Å². The molecule has 0 saturated carbocycles. The molecule has 3 amide bonds. The number of aromatic nitrogens is 2. The Labute approximate surface area is 205 Å². The van der Waals surface area contributed by atoms with Crippen molar-refractivity contribution in [2.45, 2.75) is 25.1 Å². The van der Waals surface area contributed by atoms with Gasteiger partial charge in [0.05, 0.1) is 11.5 Å². The van der Waals surface area contributed by atoms with Crippen molar-refractivity contribution in [3.63, 3.8) is 0 Å². The fraction of sp³-hybridized carbons (Fsp3) is 0.435. The van der Waals surface area contributed by atoms with Gasteiger partial charge in [0.2, 0.25) is 11.9 Å². The van der Waals surface area contributed by atoms with Crippen molar-refractivity contribution in [1.29, 1.82) is 0 Å². The summed E-state index contributed by atoms with van der Waals surface area (Å²) < 4.78 is 31.7. The van der Waals surface area contributed by atoms with Crippen LogP contribution in [-0.4, -0.2) is 88.7 Å². The number of aliphatic carboxylic acids is 1. The quantitative estimate of drug-likeness (QED) is 0.654. The van der Waals surface area contributed by atoms with E-state index in [4.69, 9.17) is 9.90 Å². The summed E-state index contributed by atoms with van der Waals surface area (Å²) in [7, 11) is 3.55. The maximum Gasteiger partial charge on any atom is 0.490 e. The highest BCUT2D eigenvalue weighted by atomic mass is 19.4. The Bertz CT molecular complexity index is 1070. The highest BCUT2D eigenvalue weighted by molar-refractivity contribution is 5.92. The highest BCUT2D eigenvalue weighted by Gasteiger charge is 2.57. The van der Waals surface area contributed by atoms with Crippen molar-refractivity contribution in [3.8, 4) is 0 Å². The first-order valence-electron chi connectivity index (χ1n) is 11.1. The van der Waals surface area contributed by atoms with E-state index in [0.717, 1.165) is 25.1 Å². The molecule has 0 bridgehead atoms. The van der Waals surface area contributed by atoms with Gasteiger partial charge in [0.25, 0.3) is 0 Å². The minimum absolute atomic E-state index is 0.0538. The average molecular weight is 509 g/mol. The zero-order valence-corrected chi connectivity index (χ0v) is 19.8. The van der Waals surface area contributed by atoms with Gasteiger partial charge < -0.3 is 25.1 Å². The zero-order chi connectivity index (χ0) is 26.5. The molecule has 4 rings (SSSR count). The second kappa shape index (κ2) is 10.8. The number of fused-ring (bicyclic) bond motifs is 1. The van der Waals surface area contributed by atoms with Crippen molar-refractivity contribution in [2.75, 3.05) is 43.9 Å². The van der Waals surface area contributed by atoms with Gasteiger partial charge in [-0.2, -0.15) is 13.2 Å². The summed E-state index contributed by atoms with van der Waals surface area (Å²) in [4.78, 5) is 49.5. The van der Waals surface area contributed by atoms with Gasteiger partial charge in [-0.05, 0) is 31.0 Å². The maximum absolute atomic E-state index is 13.3. The lowest BCUT2D eigenvalue weighted by Gasteiger charge is -2.45. The topological polar surface area (TPSA) is 119 Å². The van der Waals surface area contributed by atoms with E-state index >= 15 is 0 Å². The summed E-state index contributed by atoms with van der Waals surface area (Å²) in [6.45, 7) is 1.61.